The molecule has 214 valence electrons. The Kier molecular flexibility index (Phi) is 8.35. The van der Waals surface area contributed by atoms with Gasteiger partial charge in [0.15, 0.2) is 0 Å². The largest absolute Gasteiger partial charge is 0.491 e. The fourth-order valence-corrected chi connectivity index (χ4v) is 5.73. The molecule has 6 aromatic rings. The Labute approximate surface area is 247 Å². The second-order valence-corrected chi connectivity index (χ2v) is 10.5. The van der Waals surface area contributed by atoms with Gasteiger partial charge < -0.3 is 18.8 Å². The Morgan fingerprint density at radius 1 is 0.690 bits per heavy atom. The number of hydrogen-bond acceptors (Lipinski definition) is 4. The molecule has 4 aromatic carbocycles. The number of imidazole rings is 1. The minimum atomic E-state index is 0.499. The standard InChI is InChI=1S/C36H37N3O3/c1-4-18-40-19-20-41-21-22-42-30-23-26(2)35(27(3)24-30)38-17-16-37-36(38)28-14-15-34-32(25-28)31-12-8-9-13-33(31)39(34)29-10-6-5-7-11-29/h5-17,23-25H,4,18-22H2,1-3H3. The van der Waals surface area contributed by atoms with Gasteiger partial charge in [-0.05, 0) is 79.9 Å². The minimum Gasteiger partial charge on any atom is -0.491 e. The topological polar surface area (TPSA) is 50.4 Å². The van der Waals surface area contributed by atoms with E-state index < -0.39 is 0 Å². The molecular formula is C36H37N3O3. The predicted octanol–water partition coefficient (Wildman–Crippen LogP) is 8.08. The Hall–Kier alpha value is -4.39. The van der Waals surface area contributed by atoms with E-state index in [0.29, 0.717) is 26.4 Å². The van der Waals surface area contributed by atoms with E-state index in [4.69, 9.17) is 19.2 Å². The van der Waals surface area contributed by atoms with Crippen molar-refractivity contribution in [1.29, 1.82) is 0 Å². The van der Waals surface area contributed by atoms with Crippen LogP contribution >= 0.6 is 0 Å². The van der Waals surface area contributed by atoms with Crippen LogP contribution in [0.5, 0.6) is 5.75 Å². The number of aromatic nitrogens is 3. The molecule has 2 heterocycles. The average Bonchev–Trinajstić information content (AvgIpc) is 3.61. The van der Waals surface area contributed by atoms with E-state index in [9.17, 15) is 0 Å². The number of ether oxygens (including phenoxy) is 3. The molecule has 6 heteroatoms. The average molecular weight is 560 g/mol. The van der Waals surface area contributed by atoms with Crippen LogP contribution in [0.15, 0.2) is 97.3 Å². The molecule has 0 spiro atoms. The number of fused-ring (bicyclic) bond motifs is 3. The fraction of sp³-hybridized carbons (Fsp3) is 0.250. The number of nitrogens with zero attached hydrogens (tertiary/aromatic N) is 3. The highest BCUT2D eigenvalue weighted by molar-refractivity contribution is 6.10. The zero-order valence-electron chi connectivity index (χ0n) is 24.5. The van der Waals surface area contributed by atoms with Crippen molar-refractivity contribution in [1.82, 2.24) is 14.1 Å². The first-order valence-corrected chi connectivity index (χ1v) is 14.7. The molecule has 42 heavy (non-hydrogen) atoms. The number of benzene rings is 4. The molecule has 0 radical (unpaired) electrons. The third-order valence-corrected chi connectivity index (χ3v) is 7.51. The highest BCUT2D eigenvalue weighted by Crippen LogP contribution is 2.36. The lowest BCUT2D eigenvalue weighted by atomic mass is 10.1. The summed E-state index contributed by atoms with van der Waals surface area (Å²) in [5.41, 5.74) is 7.96. The Bertz CT molecular complexity index is 1780. The molecule has 0 amide bonds. The monoisotopic (exact) mass is 559 g/mol. The van der Waals surface area contributed by atoms with E-state index in [1.54, 1.807) is 0 Å². The van der Waals surface area contributed by atoms with Gasteiger partial charge in [0, 0.05) is 41.0 Å². The van der Waals surface area contributed by atoms with Crippen molar-refractivity contribution in [2.75, 3.05) is 33.0 Å². The quantitative estimate of drug-likeness (QED) is 0.142. The van der Waals surface area contributed by atoms with Crippen molar-refractivity contribution in [3.63, 3.8) is 0 Å². The molecule has 0 saturated carbocycles. The van der Waals surface area contributed by atoms with E-state index in [0.717, 1.165) is 52.7 Å². The summed E-state index contributed by atoms with van der Waals surface area (Å²) >= 11 is 0. The number of aryl methyl sites for hydroxylation is 2. The lowest BCUT2D eigenvalue weighted by molar-refractivity contribution is 0.0366. The molecule has 0 unspecified atom stereocenters. The maximum absolute atomic E-state index is 6.02. The summed E-state index contributed by atoms with van der Waals surface area (Å²) in [5, 5.41) is 2.43. The van der Waals surface area contributed by atoms with Crippen LogP contribution in [0, 0.1) is 13.8 Å². The van der Waals surface area contributed by atoms with Gasteiger partial charge in [-0.15, -0.1) is 0 Å². The van der Waals surface area contributed by atoms with Crippen LogP contribution in [0.3, 0.4) is 0 Å². The van der Waals surface area contributed by atoms with Gasteiger partial charge in [-0.25, -0.2) is 4.98 Å². The third kappa shape index (κ3) is 5.56. The second kappa shape index (κ2) is 12.6. The first kappa shape index (κ1) is 27.8. The SMILES string of the molecule is CCCOCCOCCOc1cc(C)c(-n2ccnc2-c2ccc3c(c2)c2ccccc2n3-c2ccccc2)c(C)c1. The van der Waals surface area contributed by atoms with Gasteiger partial charge in [0.1, 0.15) is 18.2 Å². The highest BCUT2D eigenvalue weighted by atomic mass is 16.5. The molecule has 0 fully saturated rings. The second-order valence-electron chi connectivity index (χ2n) is 10.5. The zero-order chi connectivity index (χ0) is 28.9. The van der Waals surface area contributed by atoms with Gasteiger partial charge in [0.05, 0.1) is 36.5 Å². The molecule has 6 nitrogen and oxygen atoms in total. The van der Waals surface area contributed by atoms with E-state index >= 15 is 0 Å². The summed E-state index contributed by atoms with van der Waals surface area (Å²) in [6.45, 7) is 9.36. The van der Waals surface area contributed by atoms with Gasteiger partial charge in [-0.1, -0.05) is 43.3 Å². The van der Waals surface area contributed by atoms with Crippen LogP contribution in [0.1, 0.15) is 24.5 Å². The van der Waals surface area contributed by atoms with E-state index in [-0.39, 0.29) is 0 Å². The number of hydrogen-bond donors (Lipinski definition) is 0. The molecule has 0 aliphatic heterocycles. The van der Waals surface area contributed by atoms with E-state index in [1.165, 1.54) is 21.8 Å². The van der Waals surface area contributed by atoms with Crippen LogP contribution < -0.4 is 4.74 Å². The lowest BCUT2D eigenvalue weighted by Gasteiger charge is -2.17. The molecule has 0 aliphatic carbocycles. The minimum absolute atomic E-state index is 0.499. The van der Waals surface area contributed by atoms with Crippen molar-refractivity contribution in [3.05, 3.63) is 108 Å². The smallest absolute Gasteiger partial charge is 0.144 e. The van der Waals surface area contributed by atoms with Gasteiger partial charge in [0.25, 0.3) is 0 Å². The van der Waals surface area contributed by atoms with Crippen LogP contribution in [-0.2, 0) is 9.47 Å². The van der Waals surface area contributed by atoms with Crippen LogP contribution in [-0.4, -0.2) is 47.2 Å². The van der Waals surface area contributed by atoms with Crippen molar-refractivity contribution in [2.24, 2.45) is 0 Å². The van der Waals surface area contributed by atoms with Gasteiger partial charge >= 0.3 is 0 Å². The third-order valence-electron chi connectivity index (χ3n) is 7.51. The zero-order valence-corrected chi connectivity index (χ0v) is 24.5. The van der Waals surface area contributed by atoms with Crippen LogP contribution in [0.4, 0.5) is 0 Å². The maximum Gasteiger partial charge on any atom is 0.144 e. The highest BCUT2D eigenvalue weighted by Gasteiger charge is 2.17. The van der Waals surface area contributed by atoms with Gasteiger partial charge in [-0.3, -0.25) is 4.57 Å². The predicted molar refractivity (Wildman–Crippen MR) is 170 cm³/mol. The summed E-state index contributed by atoms with van der Waals surface area (Å²) in [7, 11) is 0. The molecular weight excluding hydrogens is 522 g/mol. The van der Waals surface area contributed by atoms with Crippen LogP contribution in [0.25, 0.3) is 44.6 Å². The first-order chi connectivity index (χ1) is 20.7. The van der Waals surface area contributed by atoms with E-state index in [2.05, 4.69) is 115 Å². The number of para-hydroxylation sites is 2. The van der Waals surface area contributed by atoms with Gasteiger partial charge in [0.2, 0.25) is 0 Å². The molecule has 0 saturated heterocycles. The summed E-state index contributed by atoms with van der Waals surface area (Å²) in [5.74, 6) is 1.75. The van der Waals surface area contributed by atoms with Crippen molar-refractivity contribution >= 4 is 21.8 Å². The lowest BCUT2D eigenvalue weighted by Crippen LogP contribution is -2.11. The Balaban J connectivity index is 1.28. The first-order valence-electron chi connectivity index (χ1n) is 14.7. The van der Waals surface area contributed by atoms with Crippen molar-refractivity contribution < 1.29 is 14.2 Å². The van der Waals surface area contributed by atoms with Crippen LogP contribution in [0.2, 0.25) is 0 Å². The Morgan fingerprint density at radius 2 is 1.38 bits per heavy atom. The summed E-state index contributed by atoms with van der Waals surface area (Å²) in [6.07, 6.45) is 4.93. The summed E-state index contributed by atoms with van der Waals surface area (Å²) in [4.78, 5) is 4.81. The molecule has 0 bridgehead atoms. The molecule has 6 rings (SSSR count). The molecule has 0 atom stereocenters. The van der Waals surface area contributed by atoms with Crippen molar-refractivity contribution in [3.8, 4) is 28.5 Å². The van der Waals surface area contributed by atoms with E-state index in [1.807, 2.05) is 12.4 Å². The van der Waals surface area contributed by atoms with Crippen molar-refractivity contribution in [2.45, 2.75) is 27.2 Å². The summed E-state index contributed by atoms with van der Waals surface area (Å²) < 4.78 is 21.6. The Morgan fingerprint density at radius 3 is 2.17 bits per heavy atom. The molecule has 2 aromatic heterocycles. The van der Waals surface area contributed by atoms with Gasteiger partial charge in [-0.2, -0.15) is 0 Å². The fourth-order valence-electron chi connectivity index (χ4n) is 5.73. The number of rotatable bonds is 12. The summed E-state index contributed by atoms with van der Waals surface area (Å²) in [6, 6.07) is 30.0. The molecule has 0 N–H and O–H groups in total. The maximum atomic E-state index is 6.02. The normalized spacial score (nSPS) is 11.5. The molecule has 0 aliphatic rings.